The SMILES string of the molecule is CC1(NCCc2ccccc2)OC2(CCCCC2)CNC1=O. The molecule has 22 heavy (non-hydrogen) atoms. The molecule has 3 rings (SSSR count). The third-order valence-corrected chi connectivity index (χ3v) is 4.91. The molecule has 0 aromatic heterocycles. The van der Waals surface area contributed by atoms with Crippen molar-refractivity contribution in [3.63, 3.8) is 0 Å². The summed E-state index contributed by atoms with van der Waals surface area (Å²) in [5.41, 5.74) is 0.188. The van der Waals surface area contributed by atoms with Crippen molar-refractivity contribution < 1.29 is 9.53 Å². The summed E-state index contributed by atoms with van der Waals surface area (Å²) in [5.74, 6) is -0.0447. The number of nitrogens with one attached hydrogen (secondary N) is 2. The van der Waals surface area contributed by atoms with E-state index in [1.165, 1.54) is 24.8 Å². The molecular weight excluding hydrogens is 276 g/mol. The first-order valence-corrected chi connectivity index (χ1v) is 8.39. The van der Waals surface area contributed by atoms with Crippen molar-refractivity contribution in [1.29, 1.82) is 0 Å². The van der Waals surface area contributed by atoms with Gasteiger partial charge in [-0.15, -0.1) is 0 Å². The van der Waals surface area contributed by atoms with Crippen LogP contribution in [-0.2, 0) is 16.0 Å². The monoisotopic (exact) mass is 302 g/mol. The highest BCUT2D eigenvalue weighted by molar-refractivity contribution is 5.85. The minimum Gasteiger partial charge on any atom is -0.349 e. The maximum Gasteiger partial charge on any atom is 0.267 e. The zero-order chi connectivity index (χ0) is 15.5. The molecule has 1 aromatic rings. The Bertz CT molecular complexity index is 511. The van der Waals surface area contributed by atoms with Crippen LogP contribution in [0.5, 0.6) is 0 Å². The van der Waals surface area contributed by atoms with Crippen molar-refractivity contribution in [2.24, 2.45) is 0 Å². The van der Waals surface area contributed by atoms with E-state index in [0.29, 0.717) is 6.54 Å². The predicted octanol–water partition coefficient (Wildman–Crippen LogP) is 2.38. The Hall–Kier alpha value is -1.39. The number of carbonyl (C=O) groups excluding carboxylic acids is 1. The van der Waals surface area contributed by atoms with Gasteiger partial charge in [0.1, 0.15) is 0 Å². The van der Waals surface area contributed by atoms with Gasteiger partial charge >= 0.3 is 0 Å². The summed E-state index contributed by atoms with van der Waals surface area (Å²) in [4.78, 5) is 12.3. The third-order valence-electron chi connectivity index (χ3n) is 4.91. The fourth-order valence-electron chi connectivity index (χ4n) is 3.61. The minimum atomic E-state index is -0.912. The average Bonchev–Trinajstić information content (AvgIpc) is 2.53. The summed E-state index contributed by atoms with van der Waals surface area (Å²) < 4.78 is 6.33. The lowest BCUT2D eigenvalue weighted by atomic mass is 9.83. The molecule has 1 saturated heterocycles. The second kappa shape index (κ2) is 6.39. The molecule has 1 spiro atoms. The van der Waals surface area contributed by atoms with Gasteiger partial charge in [0.15, 0.2) is 5.72 Å². The van der Waals surface area contributed by atoms with Gasteiger partial charge in [-0.3, -0.25) is 10.1 Å². The second-order valence-electron chi connectivity index (χ2n) is 6.72. The molecule has 1 amide bonds. The number of hydrogen-bond donors (Lipinski definition) is 2. The molecule has 1 saturated carbocycles. The van der Waals surface area contributed by atoms with Gasteiger partial charge in [-0.2, -0.15) is 0 Å². The van der Waals surface area contributed by atoms with Crippen molar-refractivity contribution in [2.45, 2.75) is 56.8 Å². The van der Waals surface area contributed by atoms with Crippen LogP contribution >= 0.6 is 0 Å². The first kappa shape index (κ1) is 15.5. The molecule has 0 bridgehead atoms. The van der Waals surface area contributed by atoms with Gasteiger partial charge in [0, 0.05) is 13.1 Å². The molecule has 4 heteroatoms. The number of benzene rings is 1. The predicted molar refractivity (Wildman–Crippen MR) is 86.5 cm³/mol. The van der Waals surface area contributed by atoms with Gasteiger partial charge in [-0.1, -0.05) is 49.6 Å². The van der Waals surface area contributed by atoms with Crippen LogP contribution in [0.3, 0.4) is 0 Å². The largest absolute Gasteiger partial charge is 0.349 e. The van der Waals surface area contributed by atoms with Crippen molar-refractivity contribution in [3.05, 3.63) is 35.9 Å². The van der Waals surface area contributed by atoms with E-state index < -0.39 is 5.72 Å². The topological polar surface area (TPSA) is 50.4 Å². The summed E-state index contributed by atoms with van der Waals surface area (Å²) in [7, 11) is 0. The average molecular weight is 302 g/mol. The highest BCUT2D eigenvalue weighted by Gasteiger charge is 2.48. The molecule has 4 nitrogen and oxygen atoms in total. The summed E-state index contributed by atoms with van der Waals surface area (Å²) in [5, 5.41) is 6.39. The van der Waals surface area contributed by atoms with Crippen molar-refractivity contribution in [1.82, 2.24) is 10.6 Å². The summed E-state index contributed by atoms with van der Waals surface area (Å²) in [6, 6.07) is 10.3. The van der Waals surface area contributed by atoms with Crippen LogP contribution in [0.25, 0.3) is 0 Å². The molecule has 1 aliphatic carbocycles. The van der Waals surface area contributed by atoms with Crippen LogP contribution < -0.4 is 10.6 Å². The molecule has 1 aliphatic heterocycles. The van der Waals surface area contributed by atoms with Crippen LogP contribution in [0.4, 0.5) is 0 Å². The summed E-state index contributed by atoms with van der Waals surface area (Å²) in [6.45, 7) is 3.24. The van der Waals surface area contributed by atoms with Crippen molar-refractivity contribution in [2.75, 3.05) is 13.1 Å². The van der Waals surface area contributed by atoms with Crippen LogP contribution in [-0.4, -0.2) is 30.3 Å². The van der Waals surface area contributed by atoms with E-state index in [1.54, 1.807) is 0 Å². The summed E-state index contributed by atoms with van der Waals surface area (Å²) in [6.07, 6.45) is 6.63. The van der Waals surface area contributed by atoms with E-state index in [9.17, 15) is 4.79 Å². The van der Waals surface area contributed by atoms with E-state index in [2.05, 4.69) is 22.8 Å². The standard InChI is InChI=1S/C18H26N2O2/c1-17(20-13-10-15-8-4-2-5-9-15)16(21)19-14-18(22-17)11-6-3-7-12-18/h2,4-5,8-9,20H,3,6-7,10-14H2,1H3,(H,19,21). The fraction of sp³-hybridized carbons (Fsp3) is 0.611. The molecule has 2 fully saturated rings. The zero-order valence-corrected chi connectivity index (χ0v) is 13.4. The van der Waals surface area contributed by atoms with Crippen molar-refractivity contribution >= 4 is 5.91 Å². The molecule has 1 aromatic carbocycles. The maximum atomic E-state index is 12.3. The van der Waals surface area contributed by atoms with Gasteiger partial charge < -0.3 is 10.1 Å². The maximum absolute atomic E-state index is 12.3. The van der Waals surface area contributed by atoms with Crippen molar-refractivity contribution in [3.8, 4) is 0 Å². The lowest BCUT2D eigenvalue weighted by Gasteiger charge is -2.48. The smallest absolute Gasteiger partial charge is 0.267 e. The van der Waals surface area contributed by atoms with E-state index >= 15 is 0 Å². The van der Waals surface area contributed by atoms with E-state index in [1.807, 2.05) is 25.1 Å². The highest BCUT2D eigenvalue weighted by atomic mass is 16.5. The molecule has 120 valence electrons. The summed E-state index contributed by atoms with van der Waals surface area (Å²) >= 11 is 0. The lowest BCUT2D eigenvalue weighted by Crippen LogP contribution is -2.68. The first-order chi connectivity index (χ1) is 10.6. The van der Waals surface area contributed by atoms with E-state index in [4.69, 9.17) is 4.74 Å². The number of morpholine rings is 1. The highest BCUT2D eigenvalue weighted by Crippen LogP contribution is 2.36. The molecular formula is C18H26N2O2. The Morgan fingerprint density at radius 3 is 2.64 bits per heavy atom. The lowest BCUT2D eigenvalue weighted by molar-refractivity contribution is -0.204. The third kappa shape index (κ3) is 3.33. The van der Waals surface area contributed by atoms with Gasteiger partial charge in [0.25, 0.3) is 5.91 Å². The van der Waals surface area contributed by atoms with Crippen LogP contribution in [0, 0.1) is 0 Å². The van der Waals surface area contributed by atoms with Gasteiger partial charge in [-0.05, 0) is 31.7 Å². The quantitative estimate of drug-likeness (QED) is 0.898. The van der Waals surface area contributed by atoms with E-state index in [-0.39, 0.29) is 11.5 Å². The molecule has 1 atom stereocenters. The Kier molecular flexibility index (Phi) is 4.50. The normalized spacial score (nSPS) is 27.6. The number of carbonyl (C=O) groups is 1. The van der Waals surface area contributed by atoms with Crippen LogP contribution in [0.1, 0.15) is 44.6 Å². The Labute approximate surface area is 132 Å². The molecule has 1 unspecified atom stereocenters. The minimum absolute atomic E-state index is 0.0447. The fourth-order valence-corrected chi connectivity index (χ4v) is 3.61. The number of amides is 1. The Morgan fingerprint density at radius 1 is 1.18 bits per heavy atom. The van der Waals surface area contributed by atoms with Gasteiger partial charge in [0.05, 0.1) is 5.60 Å². The van der Waals surface area contributed by atoms with Crippen LogP contribution in [0.15, 0.2) is 30.3 Å². The number of rotatable bonds is 4. The van der Waals surface area contributed by atoms with Gasteiger partial charge in [-0.25, -0.2) is 0 Å². The molecule has 1 heterocycles. The van der Waals surface area contributed by atoms with Crippen LogP contribution in [0.2, 0.25) is 0 Å². The van der Waals surface area contributed by atoms with Gasteiger partial charge in [0.2, 0.25) is 0 Å². The zero-order valence-electron chi connectivity index (χ0n) is 13.4. The number of hydrogen-bond acceptors (Lipinski definition) is 3. The first-order valence-electron chi connectivity index (χ1n) is 8.39. The Balaban J connectivity index is 1.60. The van der Waals surface area contributed by atoms with E-state index in [0.717, 1.165) is 25.8 Å². The second-order valence-corrected chi connectivity index (χ2v) is 6.72. The molecule has 0 radical (unpaired) electrons. The molecule has 2 N–H and O–H groups in total. The number of ether oxygens (including phenoxy) is 1. The Morgan fingerprint density at radius 2 is 1.91 bits per heavy atom. The molecule has 2 aliphatic rings.